The molecule has 3 N–H and O–H groups in total. The van der Waals surface area contributed by atoms with Gasteiger partial charge in [0.1, 0.15) is 11.1 Å². The molecule has 1 aromatic heterocycles. The summed E-state index contributed by atoms with van der Waals surface area (Å²) in [5.41, 5.74) is 7.10. The van der Waals surface area contributed by atoms with Gasteiger partial charge in [-0.15, -0.1) is 0 Å². The Kier molecular flexibility index (Phi) is 3.31. The first kappa shape index (κ1) is 13.6. The molecule has 1 aromatic carbocycles. The van der Waals surface area contributed by atoms with Gasteiger partial charge in [0.25, 0.3) is 0 Å². The lowest BCUT2D eigenvalue weighted by atomic mass is 10.1. The number of hydrogen-bond acceptors (Lipinski definition) is 5. The molecule has 6 nitrogen and oxygen atoms in total. The molecule has 0 radical (unpaired) electrons. The highest BCUT2D eigenvalue weighted by Gasteiger charge is 2.35. The standard InChI is InChI=1S/C12H12BrN3O3S/c13-9-3-7(10-4-12(14)16-15-10)1-2-11(9)20(17,18)8-5-19-6-8/h1-4,8H,5-6H2,(H3,14,15,16). The maximum absolute atomic E-state index is 12.3. The van der Waals surface area contributed by atoms with E-state index in [1.807, 2.05) is 0 Å². The fraction of sp³-hybridized carbons (Fsp3) is 0.250. The fourth-order valence-corrected chi connectivity index (χ4v) is 4.51. The molecule has 0 spiro atoms. The normalized spacial score (nSPS) is 16.1. The smallest absolute Gasteiger partial charge is 0.186 e. The number of nitrogen functional groups attached to an aromatic ring is 1. The Morgan fingerprint density at radius 1 is 1.35 bits per heavy atom. The third kappa shape index (κ3) is 2.23. The van der Waals surface area contributed by atoms with Gasteiger partial charge in [0.05, 0.1) is 23.8 Å². The molecule has 8 heteroatoms. The Labute approximate surface area is 124 Å². The van der Waals surface area contributed by atoms with Crippen molar-refractivity contribution in [3.63, 3.8) is 0 Å². The van der Waals surface area contributed by atoms with Crippen LogP contribution in [0.4, 0.5) is 5.82 Å². The summed E-state index contributed by atoms with van der Waals surface area (Å²) in [6.45, 7) is 0.515. The van der Waals surface area contributed by atoms with Gasteiger partial charge in [-0.05, 0) is 28.1 Å². The van der Waals surface area contributed by atoms with Crippen molar-refractivity contribution in [3.8, 4) is 11.3 Å². The molecule has 1 aliphatic heterocycles. The second-order valence-corrected chi connectivity index (χ2v) is 7.61. The molecule has 0 saturated carbocycles. The quantitative estimate of drug-likeness (QED) is 0.868. The van der Waals surface area contributed by atoms with E-state index in [1.54, 1.807) is 24.3 Å². The SMILES string of the molecule is Nc1cc(-c2ccc(S(=O)(=O)C3COC3)c(Br)c2)[nH]n1. The first-order valence-electron chi connectivity index (χ1n) is 5.91. The predicted octanol–water partition coefficient (Wildman–Crippen LogP) is 1.59. The van der Waals surface area contributed by atoms with Gasteiger partial charge in [0.2, 0.25) is 0 Å². The number of rotatable bonds is 3. The summed E-state index contributed by atoms with van der Waals surface area (Å²) in [5, 5.41) is 6.18. The first-order chi connectivity index (χ1) is 9.48. The zero-order chi connectivity index (χ0) is 14.3. The number of nitrogens with zero attached hydrogens (tertiary/aromatic N) is 1. The molecular weight excluding hydrogens is 346 g/mol. The van der Waals surface area contributed by atoms with Gasteiger partial charge in [-0.2, -0.15) is 5.10 Å². The second-order valence-electron chi connectivity index (χ2n) is 4.56. The van der Waals surface area contributed by atoms with Gasteiger partial charge in [-0.3, -0.25) is 5.10 Å². The Hall–Kier alpha value is -1.38. The zero-order valence-electron chi connectivity index (χ0n) is 10.3. The summed E-state index contributed by atoms with van der Waals surface area (Å²) < 4.78 is 30.2. The van der Waals surface area contributed by atoms with Crippen LogP contribution in [-0.2, 0) is 14.6 Å². The van der Waals surface area contributed by atoms with E-state index in [0.29, 0.717) is 10.3 Å². The van der Waals surface area contributed by atoms with Crippen molar-refractivity contribution in [2.24, 2.45) is 0 Å². The molecule has 1 aliphatic rings. The summed E-state index contributed by atoms with van der Waals surface area (Å²) in [6.07, 6.45) is 0. The number of aromatic nitrogens is 2. The fourth-order valence-electron chi connectivity index (χ4n) is 1.96. The molecule has 1 fully saturated rings. The van der Waals surface area contributed by atoms with Gasteiger partial charge in [0.15, 0.2) is 9.84 Å². The molecule has 0 aliphatic carbocycles. The van der Waals surface area contributed by atoms with Crippen molar-refractivity contribution < 1.29 is 13.2 Å². The van der Waals surface area contributed by atoms with E-state index < -0.39 is 15.1 Å². The highest BCUT2D eigenvalue weighted by molar-refractivity contribution is 9.10. The summed E-state index contributed by atoms with van der Waals surface area (Å²) in [4.78, 5) is 0.280. The van der Waals surface area contributed by atoms with Crippen LogP contribution < -0.4 is 5.73 Å². The van der Waals surface area contributed by atoms with Gasteiger partial charge >= 0.3 is 0 Å². The van der Waals surface area contributed by atoms with Crippen LogP contribution in [0.1, 0.15) is 0 Å². The van der Waals surface area contributed by atoms with E-state index in [2.05, 4.69) is 26.1 Å². The highest BCUT2D eigenvalue weighted by Crippen LogP contribution is 2.31. The molecule has 2 heterocycles. The van der Waals surface area contributed by atoms with Crippen LogP contribution in [0.15, 0.2) is 33.6 Å². The number of benzene rings is 1. The van der Waals surface area contributed by atoms with Crippen molar-refractivity contribution in [1.82, 2.24) is 10.2 Å². The van der Waals surface area contributed by atoms with Gasteiger partial charge in [-0.25, -0.2) is 8.42 Å². The molecule has 2 aromatic rings. The van der Waals surface area contributed by atoms with Crippen molar-refractivity contribution in [2.45, 2.75) is 10.1 Å². The summed E-state index contributed by atoms with van der Waals surface area (Å²) >= 11 is 3.32. The van der Waals surface area contributed by atoms with Crippen molar-refractivity contribution >= 4 is 31.6 Å². The molecule has 0 bridgehead atoms. The molecule has 1 saturated heterocycles. The lowest BCUT2D eigenvalue weighted by molar-refractivity contribution is 0.0416. The first-order valence-corrected chi connectivity index (χ1v) is 8.25. The molecule has 0 unspecified atom stereocenters. The third-order valence-electron chi connectivity index (χ3n) is 3.19. The second kappa shape index (κ2) is 4.87. The van der Waals surface area contributed by atoms with Crippen LogP contribution in [0.5, 0.6) is 0 Å². The Bertz CT molecular complexity index is 753. The summed E-state index contributed by atoms with van der Waals surface area (Å²) in [5.74, 6) is 0.388. The molecular formula is C12H12BrN3O3S. The summed E-state index contributed by atoms with van der Waals surface area (Å²) in [7, 11) is -3.35. The monoisotopic (exact) mass is 357 g/mol. The van der Waals surface area contributed by atoms with E-state index in [9.17, 15) is 8.42 Å². The van der Waals surface area contributed by atoms with Crippen LogP contribution in [0.25, 0.3) is 11.3 Å². The van der Waals surface area contributed by atoms with Crippen molar-refractivity contribution in [3.05, 3.63) is 28.7 Å². The summed E-state index contributed by atoms with van der Waals surface area (Å²) in [6, 6.07) is 6.74. The maximum atomic E-state index is 12.3. The third-order valence-corrected chi connectivity index (χ3v) is 6.23. The Morgan fingerprint density at radius 2 is 2.10 bits per heavy atom. The minimum atomic E-state index is -3.35. The largest absolute Gasteiger partial charge is 0.382 e. The van der Waals surface area contributed by atoms with Crippen LogP contribution in [-0.4, -0.2) is 37.1 Å². The van der Waals surface area contributed by atoms with Crippen LogP contribution >= 0.6 is 15.9 Å². The lowest BCUT2D eigenvalue weighted by Crippen LogP contribution is -2.40. The number of aromatic amines is 1. The lowest BCUT2D eigenvalue weighted by Gasteiger charge is -2.26. The van der Waals surface area contributed by atoms with Crippen LogP contribution in [0.2, 0.25) is 0 Å². The number of hydrogen-bond donors (Lipinski definition) is 2. The molecule has 3 rings (SSSR count). The number of halogens is 1. The van der Waals surface area contributed by atoms with Crippen LogP contribution in [0.3, 0.4) is 0 Å². The minimum absolute atomic E-state index is 0.258. The van der Waals surface area contributed by atoms with Crippen molar-refractivity contribution in [1.29, 1.82) is 0 Å². The number of nitrogens with two attached hydrogens (primary N) is 1. The Balaban J connectivity index is 1.99. The highest BCUT2D eigenvalue weighted by atomic mass is 79.9. The van der Waals surface area contributed by atoms with E-state index in [-0.39, 0.29) is 18.1 Å². The zero-order valence-corrected chi connectivity index (χ0v) is 12.7. The number of nitrogens with one attached hydrogen (secondary N) is 1. The molecule has 20 heavy (non-hydrogen) atoms. The van der Waals surface area contributed by atoms with Gasteiger partial charge in [-0.1, -0.05) is 6.07 Å². The average molecular weight is 358 g/mol. The topological polar surface area (TPSA) is 98.1 Å². The number of ether oxygens (including phenoxy) is 1. The van der Waals surface area contributed by atoms with Crippen molar-refractivity contribution in [2.75, 3.05) is 18.9 Å². The van der Waals surface area contributed by atoms with E-state index in [0.717, 1.165) is 11.3 Å². The van der Waals surface area contributed by atoms with E-state index in [1.165, 1.54) is 0 Å². The molecule has 0 amide bonds. The number of sulfone groups is 1. The maximum Gasteiger partial charge on any atom is 0.186 e. The average Bonchev–Trinajstić information content (AvgIpc) is 2.72. The van der Waals surface area contributed by atoms with Gasteiger partial charge < -0.3 is 10.5 Å². The van der Waals surface area contributed by atoms with E-state index >= 15 is 0 Å². The number of H-pyrrole nitrogens is 1. The molecule has 106 valence electrons. The van der Waals surface area contributed by atoms with E-state index in [4.69, 9.17) is 10.5 Å². The van der Waals surface area contributed by atoms with Crippen LogP contribution in [0, 0.1) is 0 Å². The molecule has 0 atom stereocenters. The Morgan fingerprint density at radius 3 is 2.60 bits per heavy atom. The number of anilines is 1. The predicted molar refractivity (Wildman–Crippen MR) is 77.9 cm³/mol. The minimum Gasteiger partial charge on any atom is -0.382 e. The van der Waals surface area contributed by atoms with Gasteiger partial charge in [0, 0.05) is 16.1 Å².